The normalized spacial score (nSPS) is 12.9. The molecule has 0 saturated heterocycles. The Morgan fingerprint density at radius 1 is 1.20 bits per heavy atom. The molecule has 1 heterocycles. The van der Waals surface area contributed by atoms with Crippen LogP contribution >= 0.6 is 11.3 Å². The molecule has 0 fully saturated rings. The number of ether oxygens (including phenoxy) is 1. The van der Waals surface area contributed by atoms with E-state index in [4.69, 9.17) is 4.74 Å². The van der Waals surface area contributed by atoms with Gasteiger partial charge < -0.3 is 10.1 Å². The molecule has 0 atom stereocenters. The van der Waals surface area contributed by atoms with Crippen molar-refractivity contribution in [3.63, 3.8) is 0 Å². The van der Waals surface area contributed by atoms with Gasteiger partial charge in [-0.15, -0.1) is 11.3 Å². The Labute approximate surface area is 121 Å². The summed E-state index contributed by atoms with van der Waals surface area (Å²) in [6, 6.07) is 0. The smallest absolute Gasteiger partial charge is 0.371 e. The van der Waals surface area contributed by atoms with Crippen molar-refractivity contribution in [2.75, 3.05) is 13.7 Å². The molecule has 0 aliphatic rings. The van der Waals surface area contributed by atoms with E-state index in [1.165, 1.54) is 7.11 Å². The molecule has 0 bridgehead atoms. The third-order valence-electron chi connectivity index (χ3n) is 3.42. The second-order valence-corrected chi connectivity index (χ2v) is 5.56. The quantitative estimate of drug-likeness (QED) is 0.828. The first-order chi connectivity index (χ1) is 9.34. The molecule has 20 heavy (non-hydrogen) atoms. The lowest BCUT2D eigenvalue weighted by molar-refractivity contribution is -0.141. The molecule has 0 spiro atoms. The first-order valence-electron chi connectivity index (χ1n) is 6.67. The average Bonchev–Trinajstić information content (AvgIpc) is 2.84. The number of hydrogen-bond acceptors (Lipinski definition) is 4. The number of nitrogens with one attached hydrogen (secondary N) is 1. The third-order valence-corrected chi connectivity index (χ3v) is 4.66. The number of aromatic nitrogens is 1. The zero-order chi connectivity index (χ0) is 15.4. The molecule has 0 aliphatic heterocycles. The lowest BCUT2D eigenvalue weighted by Crippen LogP contribution is -2.26. The number of nitrogens with zero attached hydrogens (tertiary/aromatic N) is 1. The summed E-state index contributed by atoms with van der Waals surface area (Å²) in [4.78, 5) is 4.07. The van der Waals surface area contributed by atoms with Crippen molar-refractivity contribution in [1.82, 2.24) is 10.3 Å². The van der Waals surface area contributed by atoms with Crippen LogP contribution in [-0.2, 0) is 23.1 Å². The van der Waals surface area contributed by atoms with Gasteiger partial charge in [0.2, 0.25) is 0 Å². The zero-order valence-corrected chi connectivity index (χ0v) is 13.0. The van der Waals surface area contributed by atoms with Gasteiger partial charge in [-0.05, 0) is 19.4 Å². The Bertz CT molecular complexity index is 419. The minimum Gasteiger partial charge on any atom is -0.371 e. The molecular formula is C13H21F3N2OS. The van der Waals surface area contributed by atoms with Gasteiger partial charge >= 0.3 is 6.18 Å². The second-order valence-electron chi connectivity index (χ2n) is 4.47. The molecule has 116 valence electrons. The van der Waals surface area contributed by atoms with Gasteiger partial charge in [0.1, 0.15) is 10.6 Å². The highest BCUT2D eigenvalue weighted by molar-refractivity contribution is 7.11. The highest BCUT2D eigenvalue weighted by atomic mass is 32.1. The van der Waals surface area contributed by atoms with Gasteiger partial charge in [0.15, 0.2) is 5.69 Å². The molecule has 0 unspecified atom stereocenters. The van der Waals surface area contributed by atoms with E-state index in [1.54, 1.807) is 0 Å². The van der Waals surface area contributed by atoms with E-state index in [-0.39, 0.29) is 11.4 Å². The van der Waals surface area contributed by atoms with Crippen molar-refractivity contribution in [3.8, 4) is 0 Å². The largest absolute Gasteiger partial charge is 0.434 e. The molecule has 0 aliphatic carbocycles. The van der Waals surface area contributed by atoms with Gasteiger partial charge in [-0.3, -0.25) is 0 Å². The Balaban J connectivity index is 3.26. The fraction of sp³-hybridized carbons (Fsp3) is 0.769. The van der Waals surface area contributed by atoms with Crippen molar-refractivity contribution in [3.05, 3.63) is 15.6 Å². The maximum atomic E-state index is 13.1. The standard InChI is InChI=1S/C13H21F3N2OS/c1-5-12(6-2,19-4)11-18-10(13(14,15)16)9(20-11)8-17-7-3/h17H,5-8H2,1-4H3. The van der Waals surface area contributed by atoms with E-state index < -0.39 is 17.5 Å². The topological polar surface area (TPSA) is 34.1 Å². The molecule has 0 amide bonds. The summed E-state index contributed by atoms with van der Waals surface area (Å²) < 4.78 is 44.7. The van der Waals surface area contributed by atoms with Crippen LogP contribution < -0.4 is 5.32 Å². The summed E-state index contributed by atoms with van der Waals surface area (Å²) in [5.41, 5.74) is -1.52. The molecule has 1 N–H and O–H groups in total. The van der Waals surface area contributed by atoms with E-state index in [2.05, 4.69) is 10.3 Å². The van der Waals surface area contributed by atoms with Gasteiger partial charge in [-0.2, -0.15) is 13.2 Å². The summed E-state index contributed by atoms with van der Waals surface area (Å²) in [5, 5.41) is 3.33. The van der Waals surface area contributed by atoms with E-state index in [0.717, 1.165) is 11.3 Å². The van der Waals surface area contributed by atoms with Gasteiger partial charge in [-0.1, -0.05) is 20.8 Å². The molecule has 3 nitrogen and oxygen atoms in total. The number of thiazole rings is 1. The highest BCUT2D eigenvalue weighted by Crippen LogP contribution is 2.41. The zero-order valence-electron chi connectivity index (χ0n) is 12.2. The van der Waals surface area contributed by atoms with Crippen LogP contribution in [0, 0.1) is 0 Å². The number of alkyl halides is 3. The maximum Gasteiger partial charge on any atom is 0.434 e. The Morgan fingerprint density at radius 3 is 2.20 bits per heavy atom. The van der Waals surface area contributed by atoms with E-state index >= 15 is 0 Å². The van der Waals surface area contributed by atoms with Crippen LogP contribution in [0.25, 0.3) is 0 Å². The van der Waals surface area contributed by atoms with Crippen LogP contribution in [0.2, 0.25) is 0 Å². The fourth-order valence-electron chi connectivity index (χ4n) is 2.05. The van der Waals surface area contributed by atoms with Crippen LogP contribution in [0.5, 0.6) is 0 Å². The third kappa shape index (κ3) is 3.51. The lowest BCUT2D eigenvalue weighted by Gasteiger charge is -2.27. The van der Waals surface area contributed by atoms with Gasteiger partial charge in [0, 0.05) is 13.7 Å². The summed E-state index contributed by atoms with van der Waals surface area (Å²) in [5.74, 6) is 0. The van der Waals surface area contributed by atoms with Gasteiger partial charge in [0.05, 0.1) is 4.88 Å². The van der Waals surface area contributed by atoms with E-state index in [9.17, 15) is 13.2 Å². The summed E-state index contributed by atoms with van der Waals surface area (Å²) in [7, 11) is 1.52. The van der Waals surface area contributed by atoms with Gasteiger partial charge in [-0.25, -0.2) is 4.98 Å². The molecule has 1 aromatic rings. The van der Waals surface area contributed by atoms with E-state index in [1.807, 2.05) is 20.8 Å². The minimum absolute atomic E-state index is 0.177. The average molecular weight is 310 g/mol. The Kier molecular flexibility index (Phi) is 5.97. The van der Waals surface area contributed by atoms with Crippen LogP contribution in [0.15, 0.2) is 0 Å². The minimum atomic E-state index is -4.43. The SMILES string of the molecule is CCNCc1sc(C(CC)(CC)OC)nc1C(F)(F)F. The van der Waals surface area contributed by atoms with Crippen molar-refractivity contribution in [1.29, 1.82) is 0 Å². The van der Waals surface area contributed by atoms with Crippen LogP contribution in [-0.4, -0.2) is 18.6 Å². The first-order valence-corrected chi connectivity index (χ1v) is 7.49. The molecule has 7 heteroatoms. The summed E-state index contributed by atoms with van der Waals surface area (Å²) in [6.07, 6.45) is -3.25. The van der Waals surface area contributed by atoms with Crippen LogP contribution in [0.1, 0.15) is 49.2 Å². The Morgan fingerprint density at radius 2 is 1.80 bits per heavy atom. The predicted molar refractivity (Wildman–Crippen MR) is 73.8 cm³/mol. The molecule has 1 aromatic heterocycles. The molecule has 1 rings (SSSR count). The molecule has 0 saturated carbocycles. The highest BCUT2D eigenvalue weighted by Gasteiger charge is 2.41. The number of rotatable bonds is 7. The molecular weight excluding hydrogens is 289 g/mol. The van der Waals surface area contributed by atoms with Crippen LogP contribution in [0.3, 0.4) is 0 Å². The fourth-order valence-corrected chi connectivity index (χ4v) is 3.42. The number of methoxy groups -OCH3 is 1. The summed E-state index contributed by atoms with van der Waals surface area (Å²) >= 11 is 1.09. The Hall–Kier alpha value is -0.660. The number of hydrogen-bond donors (Lipinski definition) is 1. The second kappa shape index (κ2) is 6.87. The monoisotopic (exact) mass is 310 g/mol. The summed E-state index contributed by atoms with van der Waals surface area (Å²) in [6.45, 7) is 6.43. The number of halogens is 3. The van der Waals surface area contributed by atoms with Crippen LogP contribution in [0.4, 0.5) is 13.2 Å². The molecule has 0 aromatic carbocycles. The van der Waals surface area contributed by atoms with E-state index in [0.29, 0.717) is 24.4 Å². The van der Waals surface area contributed by atoms with Crippen molar-refractivity contribution < 1.29 is 17.9 Å². The first kappa shape index (κ1) is 17.4. The lowest BCUT2D eigenvalue weighted by atomic mass is 9.98. The van der Waals surface area contributed by atoms with Crippen molar-refractivity contribution in [2.45, 2.75) is 51.9 Å². The van der Waals surface area contributed by atoms with Crippen molar-refractivity contribution >= 4 is 11.3 Å². The molecule has 0 radical (unpaired) electrons. The predicted octanol–water partition coefficient (Wildman–Crippen LogP) is 3.93. The van der Waals surface area contributed by atoms with Crippen molar-refractivity contribution in [2.24, 2.45) is 0 Å². The van der Waals surface area contributed by atoms with Gasteiger partial charge in [0.25, 0.3) is 0 Å². The maximum absolute atomic E-state index is 13.1.